The van der Waals surface area contributed by atoms with Gasteiger partial charge in [-0.2, -0.15) is 5.10 Å². The van der Waals surface area contributed by atoms with Crippen molar-refractivity contribution in [3.8, 4) is 0 Å². The van der Waals surface area contributed by atoms with Gasteiger partial charge in [-0.1, -0.05) is 6.92 Å². The lowest BCUT2D eigenvalue weighted by Gasteiger charge is -2.03. The molecule has 62 valence electrons. The van der Waals surface area contributed by atoms with Gasteiger partial charge in [0.1, 0.15) is 0 Å². The fourth-order valence-corrected chi connectivity index (χ4v) is 1.03. The molecule has 0 amide bonds. The molecule has 0 aromatic carbocycles. The first-order chi connectivity index (χ1) is 5.38. The molecule has 4 heteroatoms. The monoisotopic (exact) mass is 154 g/mol. The quantitative estimate of drug-likeness (QED) is 0.483. The summed E-state index contributed by atoms with van der Waals surface area (Å²) >= 11 is 0. The number of hydrogen-bond acceptors (Lipinski definition) is 3. The van der Waals surface area contributed by atoms with Crippen LogP contribution in [0.4, 0.5) is 0 Å². The Morgan fingerprint density at radius 3 is 3.18 bits per heavy atom. The van der Waals surface area contributed by atoms with Gasteiger partial charge >= 0.3 is 0 Å². The highest BCUT2D eigenvalue weighted by Gasteiger charge is 1.98. The first kappa shape index (κ1) is 8.23. The second-order valence-corrected chi connectivity index (χ2v) is 2.43. The number of hydrogen-bond donors (Lipinski definition) is 2. The van der Waals surface area contributed by atoms with Crippen molar-refractivity contribution in [2.24, 2.45) is 5.84 Å². The molecule has 0 aliphatic carbocycles. The molecular weight excluding hydrogens is 140 g/mol. The molecule has 0 fully saturated rings. The van der Waals surface area contributed by atoms with Crippen LogP contribution in [-0.2, 0) is 13.1 Å². The lowest BCUT2D eigenvalue weighted by atomic mass is 10.4. The van der Waals surface area contributed by atoms with Crippen molar-refractivity contribution in [3.05, 3.63) is 18.0 Å². The topological polar surface area (TPSA) is 55.9 Å². The summed E-state index contributed by atoms with van der Waals surface area (Å²) in [6, 6.07) is 1.97. The number of hydrazine groups is 1. The van der Waals surface area contributed by atoms with Crippen LogP contribution in [0.2, 0.25) is 0 Å². The first-order valence-electron chi connectivity index (χ1n) is 3.82. The van der Waals surface area contributed by atoms with Crippen LogP contribution in [0.3, 0.4) is 0 Å². The van der Waals surface area contributed by atoms with Crippen LogP contribution in [0.15, 0.2) is 12.3 Å². The van der Waals surface area contributed by atoms with Gasteiger partial charge in [-0.15, -0.1) is 0 Å². The third kappa shape index (κ3) is 2.03. The van der Waals surface area contributed by atoms with E-state index in [1.54, 1.807) is 6.20 Å². The Morgan fingerprint density at radius 1 is 1.73 bits per heavy atom. The highest BCUT2D eigenvalue weighted by atomic mass is 15.3. The Hall–Kier alpha value is -0.870. The molecular formula is C7H14N4. The summed E-state index contributed by atoms with van der Waals surface area (Å²) in [6.07, 6.45) is 2.89. The lowest BCUT2D eigenvalue weighted by molar-refractivity contribution is 0.555. The molecule has 0 bridgehead atoms. The Labute approximate surface area is 66.4 Å². The highest BCUT2D eigenvalue weighted by molar-refractivity contribution is 4.99. The van der Waals surface area contributed by atoms with Gasteiger partial charge < -0.3 is 0 Å². The van der Waals surface area contributed by atoms with Crippen LogP contribution in [-0.4, -0.2) is 9.78 Å². The molecule has 4 nitrogen and oxygen atoms in total. The maximum absolute atomic E-state index is 5.19. The zero-order valence-corrected chi connectivity index (χ0v) is 6.75. The summed E-state index contributed by atoms with van der Waals surface area (Å²) in [4.78, 5) is 0. The lowest BCUT2D eigenvalue weighted by Crippen LogP contribution is -2.23. The van der Waals surface area contributed by atoms with Crippen molar-refractivity contribution in [2.75, 3.05) is 0 Å². The summed E-state index contributed by atoms with van der Waals surface area (Å²) in [7, 11) is 0. The van der Waals surface area contributed by atoms with Crippen LogP contribution in [0.5, 0.6) is 0 Å². The van der Waals surface area contributed by atoms with E-state index in [2.05, 4.69) is 17.4 Å². The predicted octanol–water partition coefficient (Wildman–Crippen LogP) is 0.256. The van der Waals surface area contributed by atoms with Crippen LogP contribution in [0, 0.1) is 0 Å². The molecule has 1 aromatic rings. The van der Waals surface area contributed by atoms with Crippen molar-refractivity contribution in [3.63, 3.8) is 0 Å². The number of nitrogens with two attached hydrogens (primary N) is 1. The zero-order valence-electron chi connectivity index (χ0n) is 6.75. The number of aryl methyl sites for hydroxylation is 1. The summed E-state index contributed by atoms with van der Waals surface area (Å²) in [5, 5.41) is 4.15. The fourth-order valence-electron chi connectivity index (χ4n) is 1.03. The van der Waals surface area contributed by atoms with Gasteiger partial charge in [0.2, 0.25) is 0 Å². The Balaban J connectivity index is 2.62. The van der Waals surface area contributed by atoms with Crippen molar-refractivity contribution >= 4 is 0 Å². The molecule has 0 saturated carbocycles. The predicted molar refractivity (Wildman–Crippen MR) is 43.5 cm³/mol. The van der Waals surface area contributed by atoms with Gasteiger partial charge in [0.05, 0.1) is 12.2 Å². The van der Waals surface area contributed by atoms with Gasteiger partial charge in [0.15, 0.2) is 0 Å². The van der Waals surface area contributed by atoms with E-state index in [4.69, 9.17) is 5.84 Å². The van der Waals surface area contributed by atoms with E-state index in [0.717, 1.165) is 18.7 Å². The van der Waals surface area contributed by atoms with E-state index in [-0.39, 0.29) is 0 Å². The SMILES string of the molecule is CCCn1nccc1CNN. The third-order valence-electron chi connectivity index (χ3n) is 1.52. The molecule has 1 aromatic heterocycles. The standard InChI is InChI=1S/C7H14N4/c1-2-5-11-7(6-9-8)3-4-10-11/h3-4,9H,2,5-6,8H2,1H3. The van der Waals surface area contributed by atoms with Gasteiger partial charge in [-0.05, 0) is 12.5 Å². The minimum absolute atomic E-state index is 0.681. The molecule has 0 saturated heterocycles. The van der Waals surface area contributed by atoms with E-state index in [1.165, 1.54) is 0 Å². The van der Waals surface area contributed by atoms with E-state index in [1.807, 2.05) is 10.7 Å². The minimum Gasteiger partial charge on any atom is -0.271 e. The summed E-state index contributed by atoms with van der Waals surface area (Å²) in [5.41, 5.74) is 3.74. The largest absolute Gasteiger partial charge is 0.271 e. The summed E-state index contributed by atoms with van der Waals surface area (Å²) < 4.78 is 1.96. The van der Waals surface area contributed by atoms with Gasteiger partial charge in [-0.3, -0.25) is 16.0 Å². The van der Waals surface area contributed by atoms with Crippen LogP contribution in [0.1, 0.15) is 19.0 Å². The van der Waals surface area contributed by atoms with Crippen molar-refractivity contribution in [1.29, 1.82) is 0 Å². The van der Waals surface area contributed by atoms with E-state index >= 15 is 0 Å². The molecule has 11 heavy (non-hydrogen) atoms. The molecule has 0 radical (unpaired) electrons. The second-order valence-electron chi connectivity index (χ2n) is 2.43. The van der Waals surface area contributed by atoms with Crippen molar-refractivity contribution < 1.29 is 0 Å². The van der Waals surface area contributed by atoms with Crippen molar-refractivity contribution in [1.82, 2.24) is 15.2 Å². The fraction of sp³-hybridized carbons (Fsp3) is 0.571. The molecule has 1 heterocycles. The minimum atomic E-state index is 0.681. The first-order valence-corrected chi connectivity index (χ1v) is 3.82. The second kappa shape index (κ2) is 4.10. The molecule has 0 unspecified atom stereocenters. The van der Waals surface area contributed by atoms with Crippen LogP contribution in [0.25, 0.3) is 0 Å². The van der Waals surface area contributed by atoms with E-state index in [0.29, 0.717) is 6.54 Å². The van der Waals surface area contributed by atoms with Crippen LogP contribution >= 0.6 is 0 Å². The number of nitrogens with one attached hydrogen (secondary N) is 1. The number of rotatable bonds is 4. The maximum atomic E-state index is 5.19. The summed E-state index contributed by atoms with van der Waals surface area (Å²) in [5.74, 6) is 5.19. The Kier molecular flexibility index (Phi) is 3.07. The Bertz CT molecular complexity index is 185. The smallest absolute Gasteiger partial charge is 0.0536 e. The molecule has 0 spiro atoms. The molecule has 3 N–H and O–H groups in total. The van der Waals surface area contributed by atoms with Crippen molar-refractivity contribution in [2.45, 2.75) is 26.4 Å². The molecule has 0 aliphatic heterocycles. The average Bonchev–Trinajstić information content (AvgIpc) is 2.39. The van der Waals surface area contributed by atoms with Crippen LogP contribution < -0.4 is 11.3 Å². The maximum Gasteiger partial charge on any atom is 0.0536 e. The highest BCUT2D eigenvalue weighted by Crippen LogP contribution is 1.98. The van der Waals surface area contributed by atoms with Gasteiger partial charge in [0, 0.05) is 12.7 Å². The number of nitrogens with zero attached hydrogens (tertiary/aromatic N) is 2. The molecule has 0 atom stereocenters. The Morgan fingerprint density at radius 2 is 2.55 bits per heavy atom. The molecule has 0 aliphatic rings. The average molecular weight is 154 g/mol. The van der Waals surface area contributed by atoms with Gasteiger partial charge in [-0.25, -0.2) is 0 Å². The van der Waals surface area contributed by atoms with Gasteiger partial charge in [0.25, 0.3) is 0 Å². The normalized spacial score (nSPS) is 10.4. The van der Waals surface area contributed by atoms with E-state index in [9.17, 15) is 0 Å². The molecule has 1 rings (SSSR count). The number of aromatic nitrogens is 2. The zero-order chi connectivity index (χ0) is 8.10. The van der Waals surface area contributed by atoms with E-state index < -0.39 is 0 Å². The summed E-state index contributed by atoms with van der Waals surface area (Å²) in [6.45, 7) is 3.77. The third-order valence-corrected chi connectivity index (χ3v) is 1.52.